The van der Waals surface area contributed by atoms with Gasteiger partial charge in [-0.2, -0.15) is 0 Å². The zero-order valence-electron chi connectivity index (χ0n) is 9.19. The van der Waals surface area contributed by atoms with E-state index in [4.69, 9.17) is 5.73 Å². The molecule has 2 aromatic rings. The van der Waals surface area contributed by atoms with Crippen LogP contribution in [0.15, 0.2) is 17.2 Å². The van der Waals surface area contributed by atoms with E-state index in [0.717, 1.165) is 16.3 Å². The van der Waals surface area contributed by atoms with Gasteiger partial charge in [0.05, 0.1) is 11.4 Å². The van der Waals surface area contributed by atoms with Crippen LogP contribution in [0.4, 0.5) is 0 Å². The predicted octanol–water partition coefficient (Wildman–Crippen LogP) is 2.45. The standard InChI is InChI=1S/C11H15N3S/c1-7(8(2)12)6-10-9(3)13-11-14(10)4-5-15-11/h4-6,8H,12H2,1-3H3/b7-6+. The van der Waals surface area contributed by atoms with Crippen molar-refractivity contribution < 1.29 is 0 Å². The highest BCUT2D eigenvalue weighted by Crippen LogP contribution is 2.19. The number of imidazole rings is 1. The first-order chi connectivity index (χ1) is 7.09. The normalized spacial score (nSPS) is 14.8. The number of hydrogen-bond acceptors (Lipinski definition) is 3. The van der Waals surface area contributed by atoms with E-state index in [-0.39, 0.29) is 6.04 Å². The van der Waals surface area contributed by atoms with Crippen LogP contribution in [0, 0.1) is 6.92 Å². The molecule has 2 heterocycles. The summed E-state index contributed by atoms with van der Waals surface area (Å²) >= 11 is 1.65. The van der Waals surface area contributed by atoms with E-state index >= 15 is 0 Å². The van der Waals surface area contributed by atoms with Crippen molar-refractivity contribution in [3.05, 3.63) is 28.5 Å². The zero-order valence-corrected chi connectivity index (χ0v) is 10.0. The number of thiazole rings is 1. The summed E-state index contributed by atoms with van der Waals surface area (Å²) in [6.07, 6.45) is 4.16. The van der Waals surface area contributed by atoms with Crippen LogP contribution in [-0.4, -0.2) is 15.4 Å². The molecular weight excluding hydrogens is 206 g/mol. The molecule has 0 amide bonds. The summed E-state index contributed by atoms with van der Waals surface area (Å²) in [4.78, 5) is 5.52. The predicted molar refractivity (Wildman–Crippen MR) is 65.1 cm³/mol. The second-order valence-electron chi connectivity index (χ2n) is 3.82. The minimum atomic E-state index is 0.0913. The van der Waals surface area contributed by atoms with Crippen molar-refractivity contribution in [2.24, 2.45) is 5.73 Å². The van der Waals surface area contributed by atoms with Crippen LogP contribution < -0.4 is 5.73 Å². The smallest absolute Gasteiger partial charge is 0.194 e. The van der Waals surface area contributed by atoms with Gasteiger partial charge in [-0.15, -0.1) is 11.3 Å². The summed E-state index contributed by atoms with van der Waals surface area (Å²) in [5.41, 5.74) is 9.20. The van der Waals surface area contributed by atoms with Crippen molar-refractivity contribution in [2.75, 3.05) is 0 Å². The number of aryl methyl sites for hydroxylation is 1. The molecule has 0 bridgehead atoms. The van der Waals surface area contributed by atoms with Crippen LogP contribution in [0.3, 0.4) is 0 Å². The Balaban J connectivity index is 2.55. The van der Waals surface area contributed by atoms with Gasteiger partial charge in [0.2, 0.25) is 0 Å². The molecule has 1 atom stereocenters. The molecule has 0 spiro atoms. The second-order valence-corrected chi connectivity index (χ2v) is 4.69. The summed E-state index contributed by atoms with van der Waals surface area (Å²) < 4.78 is 2.10. The number of fused-ring (bicyclic) bond motifs is 1. The molecule has 0 aliphatic rings. The number of aromatic nitrogens is 2. The first kappa shape index (κ1) is 10.4. The van der Waals surface area contributed by atoms with Gasteiger partial charge in [0.15, 0.2) is 4.96 Å². The minimum Gasteiger partial charge on any atom is -0.324 e. The molecule has 15 heavy (non-hydrogen) atoms. The van der Waals surface area contributed by atoms with Crippen LogP contribution in [0.1, 0.15) is 25.2 Å². The van der Waals surface area contributed by atoms with E-state index in [0.29, 0.717) is 0 Å². The molecule has 0 fully saturated rings. The van der Waals surface area contributed by atoms with E-state index in [2.05, 4.69) is 22.4 Å². The van der Waals surface area contributed by atoms with E-state index in [1.165, 1.54) is 5.57 Å². The largest absolute Gasteiger partial charge is 0.324 e. The molecular formula is C11H15N3S. The summed E-state index contributed by atoms with van der Waals surface area (Å²) in [6.45, 7) is 6.07. The third-order valence-electron chi connectivity index (χ3n) is 2.57. The Morgan fingerprint density at radius 3 is 3.07 bits per heavy atom. The SMILES string of the molecule is C/C(=C\c1c(C)nc2sccn12)C(C)N. The summed E-state index contributed by atoms with van der Waals surface area (Å²) in [5.74, 6) is 0. The van der Waals surface area contributed by atoms with Crippen LogP contribution in [-0.2, 0) is 0 Å². The van der Waals surface area contributed by atoms with Crippen molar-refractivity contribution in [3.8, 4) is 0 Å². The molecule has 0 aliphatic carbocycles. The quantitative estimate of drug-likeness (QED) is 0.846. The number of hydrogen-bond donors (Lipinski definition) is 1. The van der Waals surface area contributed by atoms with Gasteiger partial charge in [-0.1, -0.05) is 5.57 Å². The molecule has 3 nitrogen and oxygen atoms in total. The fraction of sp³-hybridized carbons (Fsp3) is 0.364. The van der Waals surface area contributed by atoms with E-state index in [1.54, 1.807) is 11.3 Å². The molecule has 4 heteroatoms. The van der Waals surface area contributed by atoms with Gasteiger partial charge in [-0.25, -0.2) is 4.98 Å². The lowest BCUT2D eigenvalue weighted by molar-refractivity contribution is 0.866. The van der Waals surface area contributed by atoms with E-state index in [1.807, 2.05) is 25.4 Å². The van der Waals surface area contributed by atoms with Crippen molar-refractivity contribution >= 4 is 22.4 Å². The topological polar surface area (TPSA) is 43.3 Å². The van der Waals surface area contributed by atoms with Crippen molar-refractivity contribution in [3.63, 3.8) is 0 Å². The lowest BCUT2D eigenvalue weighted by Gasteiger charge is -2.04. The van der Waals surface area contributed by atoms with E-state index in [9.17, 15) is 0 Å². The van der Waals surface area contributed by atoms with Gasteiger partial charge >= 0.3 is 0 Å². The highest BCUT2D eigenvalue weighted by molar-refractivity contribution is 7.15. The lowest BCUT2D eigenvalue weighted by Crippen LogP contribution is -2.15. The Kier molecular flexibility index (Phi) is 2.63. The summed E-state index contributed by atoms with van der Waals surface area (Å²) in [7, 11) is 0. The van der Waals surface area contributed by atoms with Gasteiger partial charge in [0, 0.05) is 17.6 Å². The van der Waals surface area contributed by atoms with E-state index < -0.39 is 0 Å². The Morgan fingerprint density at radius 1 is 1.67 bits per heavy atom. The van der Waals surface area contributed by atoms with Gasteiger partial charge in [-0.3, -0.25) is 4.40 Å². The number of rotatable bonds is 2. The molecule has 0 saturated heterocycles. The summed E-state index contributed by atoms with van der Waals surface area (Å²) in [5, 5.41) is 2.04. The molecule has 2 N–H and O–H groups in total. The fourth-order valence-corrected chi connectivity index (χ4v) is 2.20. The lowest BCUT2D eigenvalue weighted by atomic mass is 10.1. The Labute approximate surface area is 93.2 Å². The molecule has 0 radical (unpaired) electrons. The molecule has 0 saturated carbocycles. The molecule has 2 rings (SSSR count). The molecule has 0 aromatic carbocycles. The average Bonchev–Trinajstić information content (AvgIpc) is 2.69. The third-order valence-corrected chi connectivity index (χ3v) is 3.32. The highest BCUT2D eigenvalue weighted by Gasteiger charge is 2.08. The maximum absolute atomic E-state index is 5.83. The van der Waals surface area contributed by atoms with Crippen LogP contribution in [0.2, 0.25) is 0 Å². The maximum Gasteiger partial charge on any atom is 0.194 e. The van der Waals surface area contributed by atoms with Crippen molar-refractivity contribution in [1.82, 2.24) is 9.38 Å². The molecule has 0 aliphatic heterocycles. The van der Waals surface area contributed by atoms with Gasteiger partial charge in [0.25, 0.3) is 0 Å². The highest BCUT2D eigenvalue weighted by atomic mass is 32.1. The molecule has 1 unspecified atom stereocenters. The number of nitrogens with zero attached hydrogens (tertiary/aromatic N) is 2. The average molecular weight is 221 g/mol. The van der Waals surface area contributed by atoms with Crippen LogP contribution in [0.5, 0.6) is 0 Å². The first-order valence-electron chi connectivity index (χ1n) is 4.95. The van der Waals surface area contributed by atoms with Gasteiger partial charge in [0.1, 0.15) is 0 Å². The third kappa shape index (κ3) is 1.82. The van der Waals surface area contributed by atoms with Crippen LogP contribution >= 0.6 is 11.3 Å². The summed E-state index contributed by atoms with van der Waals surface area (Å²) in [6, 6.07) is 0.0913. The van der Waals surface area contributed by atoms with Gasteiger partial charge < -0.3 is 5.73 Å². The monoisotopic (exact) mass is 221 g/mol. The van der Waals surface area contributed by atoms with Crippen molar-refractivity contribution in [1.29, 1.82) is 0 Å². The zero-order chi connectivity index (χ0) is 11.0. The Hall–Kier alpha value is -1.13. The van der Waals surface area contributed by atoms with Gasteiger partial charge in [-0.05, 0) is 26.8 Å². The van der Waals surface area contributed by atoms with Crippen LogP contribution in [0.25, 0.3) is 11.0 Å². The second kappa shape index (κ2) is 3.79. The fourth-order valence-electron chi connectivity index (χ4n) is 1.43. The minimum absolute atomic E-state index is 0.0913. The molecule has 80 valence electrons. The van der Waals surface area contributed by atoms with Crippen molar-refractivity contribution in [2.45, 2.75) is 26.8 Å². The Morgan fingerprint density at radius 2 is 2.40 bits per heavy atom. The molecule has 2 aromatic heterocycles. The number of nitrogens with two attached hydrogens (primary N) is 1. The maximum atomic E-state index is 5.83. The Bertz CT molecular complexity index is 505. The first-order valence-corrected chi connectivity index (χ1v) is 5.83.